The number of carbonyl (C=O) groups is 2. The van der Waals surface area contributed by atoms with E-state index >= 15 is 0 Å². The minimum Gasteiger partial charge on any atom is -0.481 e. The fraction of sp³-hybridized carbons (Fsp3) is 0.429. The van der Waals surface area contributed by atoms with Crippen molar-refractivity contribution in [3.05, 3.63) is 28.8 Å². The Kier molecular flexibility index (Phi) is 5.39. The molecule has 1 aromatic rings. The van der Waals surface area contributed by atoms with Crippen molar-refractivity contribution in [1.82, 2.24) is 5.32 Å². The molecule has 0 aromatic heterocycles. The lowest BCUT2D eigenvalue weighted by molar-refractivity contribution is -0.147. The summed E-state index contributed by atoms with van der Waals surface area (Å²) in [6.45, 7) is 5.23. The van der Waals surface area contributed by atoms with Crippen LogP contribution in [0.15, 0.2) is 18.2 Å². The smallest absolute Gasteiger partial charge is 0.319 e. The molecule has 110 valence electrons. The fourth-order valence-electron chi connectivity index (χ4n) is 1.54. The maximum atomic E-state index is 11.8. The van der Waals surface area contributed by atoms with E-state index in [9.17, 15) is 9.59 Å². The van der Waals surface area contributed by atoms with Crippen molar-refractivity contribution < 1.29 is 14.7 Å². The topological polar surface area (TPSA) is 78.4 Å². The Balaban J connectivity index is 2.65. The van der Waals surface area contributed by atoms with Crippen molar-refractivity contribution in [3.63, 3.8) is 0 Å². The summed E-state index contributed by atoms with van der Waals surface area (Å²) in [6, 6.07) is 4.75. The quantitative estimate of drug-likeness (QED) is 0.780. The number of benzene rings is 1. The number of anilines is 1. The van der Waals surface area contributed by atoms with Crippen LogP contribution in [0.25, 0.3) is 0 Å². The third-order valence-corrected chi connectivity index (χ3v) is 3.86. The molecular formula is C14H19ClN2O3. The molecule has 0 aliphatic rings. The van der Waals surface area contributed by atoms with E-state index in [-0.39, 0.29) is 6.54 Å². The highest BCUT2D eigenvalue weighted by molar-refractivity contribution is 6.31. The molecule has 0 saturated heterocycles. The van der Waals surface area contributed by atoms with E-state index in [1.165, 1.54) is 0 Å². The Morgan fingerprint density at radius 2 is 2.05 bits per heavy atom. The second-order valence-electron chi connectivity index (χ2n) is 4.94. The molecule has 0 bridgehead atoms. The Bertz CT molecular complexity index is 519. The van der Waals surface area contributed by atoms with Gasteiger partial charge in [-0.2, -0.15) is 0 Å². The highest BCUT2D eigenvalue weighted by atomic mass is 35.5. The van der Waals surface area contributed by atoms with Crippen molar-refractivity contribution in [2.75, 3.05) is 11.9 Å². The Hall–Kier alpha value is -1.75. The van der Waals surface area contributed by atoms with Gasteiger partial charge in [0.1, 0.15) is 0 Å². The number of aliphatic carboxylic acids is 1. The zero-order valence-electron chi connectivity index (χ0n) is 11.8. The standard InChI is InChI=1S/C14H19ClN2O3/c1-4-14(3,12(18)19)8-16-13(20)17-11-7-5-6-10(15)9(11)2/h5-7H,4,8H2,1-3H3,(H,18,19)(H2,16,17,20). The molecule has 0 aliphatic heterocycles. The molecule has 5 nitrogen and oxygen atoms in total. The van der Waals surface area contributed by atoms with Gasteiger partial charge in [-0.05, 0) is 38.0 Å². The average molecular weight is 299 g/mol. The lowest BCUT2D eigenvalue weighted by Crippen LogP contribution is -2.42. The molecule has 0 spiro atoms. The molecule has 6 heteroatoms. The summed E-state index contributed by atoms with van der Waals surface area (Å²) in [7, 11) is 0. The van der Waals surface area contributed by atoms with Gasteiger partial charge in [0.05, 0.1) is 5.41 Å². The van der Waals surface area contributed by atoms with Crippen LogP contribution in [0.2, 0.25) is 5.02 Å². The van der Waals surface area contributed by atoms with Gasteiger partial charge in [-0.1, -0.05) is 24.6 Å². The molecule has 1 aromatic carbocycles. The van der Waals surface area contributed by atoms with Crippen LogP contribution in [0.1, 0.15) is 25.8 Å². The highest BCUT2D eigenvalue weighted by Gasteiger charge is 2.31. The summed E-state index contributed by atoms with van der Waals surface area (Å²) in [6.07, 6.45) is 0.429. The molecule has 0 saturated carbocycles. The number of halogens is 1. The van der Waals surface area contributed by atoms with Crippen LogP contribution in [-0.2, 0) is 4.79 Å². The number of amides is 2. The van der Waals surface area contributed by atoms with E-state index in [4.69, 9.17) is 16.7 Å². The molecule has 1 atom stereocenters. The van der Waals surface area contributed by atoms with Gasteiger partial charge < -0.3 is 15.7 Å². The molecule has 1 unspecified atom stereocenters. The second kappa shape index (κ2) is 6.61. The van der Waals surface area contributed by atoms with Crippen molar-refractivity contribution >= 4 is 29.3 Å². The SMILES string of the molecule is CCC(C)(CNC(=O)Nc1cccc(Cl)c1C)C(=O)O. The molecule has 20 heavy (non-hydrogen) atoms. The lowest BCUT2D eigenvalue weighted by Gasteiger charge is -2.23. The number of carboxylic acid groups (broad SMARTS) is 1. The number of hydrogen-bond acceptors (Lipinski definition) is 2. The summed E-state index contributed by atoms with van der Waals surface area (Å²) in [5.74, 6) is -0.931. The van der Waals surface area contributed by atoms with Crippen LogP contribution in [0.4, 0.5) is 10.5 Å². The monoisotopic (exact) mass is 298 g/mol. The van der Waals surface area contributed by atoms with Gasteiger partial charge in [0, 0.05) is 17.3 Å². The maximum absolute atomic E-state index is 11.8. The number of hydrogen-bond donors (Lipinski definition) is 3. The summed E-state index contributed by atoms with van der Waals surface area (Å²) in [4.78, 5) is 22.9. The van der Waals surface area contributed by atoms with Crippen LogP contribution < -0.4 is 10.6 Å². The first-order chi connectivity index (χ1) is 9.30. The zero-order valence-corrected chi connectivity index (χ0v) is 12.5. The van der Waals surface area contributed by atoms with E-state index in [1.54, 1.807) is 39.0 Å². The van der Waals surface area contributed by atoms with Gasteiger partial charge >= 0.3 is 12.0 Å². The van der Waals surface area contributed by atoms with Crippen molar-refractivity contribution in [3.8, 4) is 0 Å². The maximum Gasteiger partial charge on any atom is 0.319 e. The molecule has 0 fully saturated rings. The van der Waals surface area contributed by atoms with Crippen LogP contribution in [0, 0.1) is 12.3 Å². The van der Waals surface area contributed by atoms with E-state index < -0.39 is 17.4 Å². The van der Waals surface area contributed by atoms with Crippen LogP contribution in [0.3, 0.4) is 0 Å². The van der Waals surface area contributed by atoms with E-state index in [0.29, 0.717) is 17.1 Å². The van der Waals surface area contributed by atoms with Crippen LogP contribution >= 0.6 is 11.6 Å². The highest BCUT2D eigenvalue weighted by Crippen LogP contribution is 2.23. The average Bonchev–Trinajstić information content (AvgIpc) is 2.41. The molecule has 0 radical (unpaired) electrons. The summed E-state index contributed by atoms with van der Waals surface area (Å²) in [5, 5.41) is 14.9. The van der Waals surface area contributed by atoms with Gasteiger partial charge in [0.2, 0.25) is 0 Å². The number of nitrogens with one attached hydrogen (secondary N) is 2. The van der Waals surface area contributed by atoms with Gasteiger partial charge in [-0.25, -0.2) is 4.79 Å². The Morgan fingerprint density at radius 1 is 1.40 bits per heavy atom. The molecular weight excluding hydrogens is 280 g/mol. The van der Waals surface area contributed by atoms with E-state index in [0.717, 1.165) is 5.56 Å². The predicted octanol–water partition coefficient (Wildman–Crippen LogP) is 3.27. The van der Waals surface area contributed by atoms with Crippen molar-refractivity contribution in [2.45, 2.75) is 27.2 Å². The van der Waals surface area contributed by atoms with Crippen molar-refractivity contribution in [1.29, 1.82) is 0 Å². The third kappa shape index (κ3) is 3.87. The largest absolute Gasteiger partial charge is 0.481 e. The van der Waals surface area contributed by atoms with E-state index in [2.05, 4.69) is 10.6 Å². The number of rotatable bonds is 5. The second-order valence-corrected chi connectivity index (χ2v) is 5.35. The lowest BCUT2D eigenvalue weighted by atomic mass is 9.88. The Morgan fingerprint density at radius 3 is 2.60 bits per heavy atom. The minimum atomic E-state index is -0.972. The first kappa shape index (κ1) is 16.3. The van der Waals surface area contributed by atoms with Crippen LogP contribution in [0.5, 0.6) is 0 Å². The molecule has 3 N–H and O–H groups in total. The zero-order chi connectivity index (χ0) is 15.3. The molecule has 0 heterocycles. The first-order valence-electron chi connectivity index (χ1n) is 6.33. The predicted molar refractivity (Wildman–Crippen MR) is 79.2 cm³/mol. The normalized spacial score (nSPS) is 13.4. The number of carbonyl (C=O) groups excluding carboxylic acids is 1. The van der Waals surface area contributed by atoms with Gasteiger partial charge in [0.15, 0.2) is 0 Å². The van der Waals surface area contributed by atoms with Crippen molar-refractivity contribution in [2.24, 2.45) is 5.41 Å². The summed E-state index contributed by atoms with van der Waals surface area (Å²) in [5.41, 5.74) is 0.394. The summed E-state index contributed by atoms with van der Waals surface area (Å²) >= 11 is 5.96. The fourth-order valence-corrected chi connectivity index (χ4v) is 1.71. The van der Waals surface area contributed by atoms with E-state index in [1.807, 2.05) is 0 Å². The minimum absolute atomic E-state index is 0.0598. The summed E-state index contributed by atoms with van der Waals surface area (Å²) < 4.78 is 0. The van der Waals surface area contributed by atoms with Gasteiger partial charge in [-0.3, -0.25) is 4.79 Å². The Labute approximate surface area is 123 Å². The third-order valence-electron chi connectivity index (χ3n) is 3.45. The number of urea groups is 1. The number of carboxylic acids is 1. The molecule has 2 amide bonds. The van der Waals surface area contributed by atoms with Crippen LogP contribution in [-0.4, -0.2) is 23.7 Å². The molecule has 0 aliphatic carbocycles. The van der Waals surface area contributed by atoms with Gasteiger partial charge in [0.25, 0.3) is 0 Å². The molecule has 1 rings (SSSR count). The first-order valence-corrected chi connectivity index (χ1v) is 6.71. The van der Waals surface area contributed by atoms with Gasteiger partial charge in [-0.15, -0.1) is 0 Å².